The lowest BCUT2D eigenvalue weighted by molar-refractivity contribution is -0.122. The Balaban J connectivity index is 1.53. The van der Waals surface area contributed by atoms with Crippen molar-refractivity contribution in [3.8, 4) is 0 Å². The third kappa shape index (κ3) is 2.90. The number of H-pyrrole nitrogens is 1. The molecule has 0 aliphatic carbocycles. The van der Waals surface area contributed by atoms with Crippen molar-refractivity contribution >= 4 is 28.7 Å². The summed E-state index contributed by atoms with van der Waals surface area (Å²) in [5.41, 5.74) is 2.01. The first-order valence-corrected chi connectivity index (χ1v) is 7.51. The summed E-state index contributed by atoms with van der Waals surface area (Å²) in [7, 11) is 0. The van der Waals surface area contributed by atoms with Crippen molar-refractivity contribution in [2.24, 2.45) is 0 Å². The van der Waals surface area contributed by atoms with Gasteiger partial charge < -0.3 is 10.3 Å². The van der Waals surface area contributed by atoms with E-state index in [0.717, 1.165) is 34.9 Å². The zero-order valence-corrected chi connectivity index (χ0v) is 11.3. The summed E-state index contributed by atoms with van der Waals surface area (Å²) >= 11 is 1.75. The van der Waals surface area contributed by atoms with E-state index < -0.39 is 0 Å². The molecule has 1 unspecified atom stereocenters. The number of hydrogen-bond donors (Lipinski definition) is 3. The van der Waals surface area contributed by atoms with E-state index in [-0.39, 0.29) is 11.9 Å². The van der Waals surface area contributed by atoms with Gasteiger partial charge in [0.1, 0.15) is 5.82 Å². The first-order valence-electron chi connectivity index (χ1n) is 6.35. The minimum absolute atomic E-state index is 0.0410. The van der Waals surface area contributed by atoms with Crippen molar-refractivity contribution in [2.45, 2.75) is 12.5 Å². The number of fused-ring (bicyclic) bond motifs is 1. The van der Waals surface area contributed by atoms with E-state index in [4.69, 9.17) is 0 Å². The van der Waals surface area contributed by atoms with Gasteiger partial charge in [-0.15, -0.1) is 11.8 Å². The number of carbonyl (C=O) groups excluding carboxylic acids is 1. The van der Waals surface area contributed by atoms with Crippen LogP contribution in [0.4, 0.5) is 0 Å². The van der Waals surface area contributed by atoms with E-state index in [9.17, 15) is 4.79 Å². The molecule has 0 spiro atoms. The number of aromatic nitrogens is 2. The van der Waals surface area contributed by atoms with Gasteiger partial charge in [-0.2, -0.15) is 0 Å². The predicted molar refractivity (Wildman–Crippen MR) is 77.1 cm³/mol. The highest BCUT2D eigenvalue weighted by atomic mass is 32.2. The van der Waals surface area contributed by atoms with E-state index in [2.05, 4.69) is 20.6 Å². The van der Waals surface area contributed by atoms with Crippen LogP contribution in [0.3, 0.4) is 0 Å². The summed E-state index contributed by atoms with van der Waals surface area (Å²) in [6.07, 6.45) is 0.723. The minimum Gasteiger partial charge on any atom is -0.354 e. The number of rotatable bonds is 4. The quantitative estimate of drug-likeness (QED) is 0.775. The number of thioether (sulfide) groups is 1. The van der Waals surface area contributed by atoms with Crippen LogP contribution < -0.4 is 10.6 Å². The molecule has 1 aromatic heterocycles. The van der Waals surface area contributed by atoms with Gasteiger partial charge in [-0.1, -0.05) is 12.1 Å². The number of amides is 1. The summed E-state index contributed by atoms with van der Waals surface area (Å²) in [4.78, 5) is 19.5. The van der Waals surface area contributed by atoms with Gasteiger partial charge in [-0.3, -0.25) is 10.1 Å². The van der Waals surface area contributed by atoms with Crippen LogP contribution in [-0.4, -0.2) is 40.1 Å². The van der Waals surface area contributed by atoms with Crippen LogP contribution in [0.25, 0.3) is 11.0 Å². The molecule has 1 amide bonds. The van der Waals surface area contributed by atoms with Crippen LogP contribution in [0.5, 0.6) is 0 Å². The van der Waals surface area contributed by atoms with E-state index in [1.807, 2.05) is 24.3 Å². The number of carbonyl (C=O) groups is 1. The Bertz CT molecular complexity index is 544. The maximum Gasteiger partial charge on any atom is 0.238 e. The fourth-order valence-electron chi connectivity index (χ4n) is 2.11. The average molecular weight is 276 g/mol. The molecule has 0 bridgehead atoms. The fourth-order valence-corrected chi connectivity index (χ4v) is 3.06. The van der Waals surface area contributed by atoms with Crippen molar-refractivity contribution < 1.29 is 4.79 Å². The Hall–Kier alpha value is -1.53. The number of aromatic amines is 1. The molecule has 6 heteroatoms. The second-order valence-corrected chi connectivity index (χ2v) is 5.54. The summed E-state index contributed by atoms with van der Waals surface area (Å²) in [5, 5.41) is 6.10. The van der Waals surface area contributed by atoms with Crippen LogP contribution in [0.15, 0.2) is 24.3 Å². The lowest BCUT2D eigenvalue weighted by Gasteiger charge is -2.09. The summed E-state index contributed by atoms with van der Waals surface area (Å²) in [5.74, 6) is 2.72. The first-order chi connectivity index (χ1) is 9.33. The van der Waals surface area contributed by atoms with Gasteiger partial charge in [0, 0.05) is 24.6 Å². The molecule has 1 aromatic carbocycles. The Morgan fingerprint density at radius 1 is 1.47 bits per heavy atom. The van der Waals surface area contributed by atoms with Crippen LogP contribution in [0.1, 0.15) is 5.82 Å². The largest absolute Gasteiger partial charge is 0.354 e. The second-order valence-electron chi connectivity index (χ2n) is 4.51. The summed E-state index contributed by atoms with van der Waals surface area (Å²) in [6.45, 7) is 0.613. The van der Waals surface area contributed by atoms with Crippen molar-refractivity contribution in [2.75, 3.05) is 18.2 Å². The van der Waals surface area contributed by atoms with Crippen molar-refractivity contribution in [1.29, 1.82) is 0 Å². The van der Waals surface area contributed by atoms with Gasteiger partial charge in [-0.05, 0) is 12.1 Å². The maximum atomic E-state index is 11.8. The van der Waals surface area contributed by atoms with Crippen LogP contribution in [-0.2, 0) is 11.2 Å². The van der Waals surface area contributed by atoms with Crippen molar-refractivity contribution in [3.63, 3.8) is 0 Å². The first kappa shape index (κ1) is 12.5. The number of hydrogen-bond acceptors (Lipinski definition) is 4. The van der Waals surface area contributed by atoms with Crippen LogP contribution in [0, 0.1) is 0 Å². The zero-order chi connectivity index (χ0) is 13.1. The normalized spacial score (nSPS) is 18.8. The minimum atomic E-state index is -0.0410. The Labute approximate surface area is 115 Å². The van der Waals surface area contributed by atoms with Crippen LogP contribution in [0.2, 0.25) is 0 Å². The molecule has 2 heterocycles. The molecule has 100 valence electrons. The van der Waals surface area contributed by atoms with E-state index in [1.165, 1.54) is 0 Å². The Morgan fingerprint density at radius 3 is 3.16 bits per heavy atom. The summed E-state index contributed by atoms with van der Waals surface area (Å²) < 4.78 is 0. The molecule has 5 nitrogen and oxygen atoms in total. The molecule has 0 radical (unpaired) electrons. The van der Waals surface area contributed by atoms with Crippen LogP contribution >= 0.6 is 11.8 Å². The van der Waals surface area contributed by atoms with Gasteiger partial charge in [-0.25, -0.2) is 4.98 Å². The standard InChI is InChI=1S/C13H16N4OS/c18-13(11-7-19-8-15-11)14-6-5-12-16-9-3-1-2-4-10(9)17-12/h1-4,11,15H,5-8H2,(H,14,18)(H,16,17). The molecule has 1 atom stereocenters. The molecule has 3 N–H and O–H groups in total. The zero-order valence-electron chi connectivity index (χ0n) is 10.5. The highest BCUT2D eigenvalue weighted by Gasteiger charge is 2.21. The van der Waals surface area contributed by atoms with E-state index in [1.54, 1.807) is 11.8 Å². The average Bonchev–Trinajstić information content (AvgIpc) is 3.07. The molecule has 19 heavy (non-hydrogen) atoms. The molecular weight excluding hydrogens is 260 g/mol. The molecule has 1 aliphatic heterocycles. The van der Waals surface area contributed by atoms with Crippen molar-refractivity contribution in [1.82, 2.24) is 20.6 Å². The van der Waals surface area contributed by atoms with Crippen molar-refractivity contribution in [3.05, 3.63) is 30.1 Å². The number of nitrogens with zero attached hydrogens (tertiary/aromatic N) is 1. The van der Waals surface area contributed by atoms with Gasteiger partial charge in [0.15, 0.2) is 0 Å². The maximum absolute atomic E-state index is 11.8. The predicted octanol–water partition coefficient (Wildman–Crippen LogP) is 0.884. The molecule has 1 saturated heterocycles. The third-order valence-electron chi connectivity index (χ3n) is 3.13. The molecule has 0 saturated carbocycles. The lowest BCUT2D eigenvalue weighted by atomic mass is 10.3. The third-order valence-corrected chi connectivity index (χ3v) is 4.07. The number of benzene rings is 1. The molecular formula is C13H16N4OS. The molecule has 3 rings (SSSR count). The Kier molecular flexibility index (Phi) is 3.70. The lowest BCUT2D eigenvalue weighted by Crippen LogP contribution is -2.42. The number of para-hydroxylation sites is 2. The van der Waals surface area contributed by atoms with E-state index >= 15 is 0 Å². The molecule has 1 aliphatic rings. The highest BCUT2D eigenvalue weighted by molar-refractivity contribution is 7.99. The monoisotopic (exact) mass is 276 g/mol. The van der Waals surface area contributed by atoms with Gasteiger partial charge in [0.25, 0.3) is 0 Å². The van der Waals surface area contributed by atoms with Gasteiger partial charge >= 0.3 is 0 Å². The molecule has 1 fully saturated rings. The topological polar surface area (TPSA) is 69.8 Å². The molecule has 2 aromatic rings. The smallest absolute Gasteiger partial charge is 0.238 e. The second kappa shape index (κ2) is 5.63. The number of nitrogens with one attached hydrogen (secondary N) is 3. The van der Waals surface area contributed by atoms with E-state index in [0.29, 0.717) is 6.54 Å². The van der Waals surface area contributed by atoms with Gasteiger partial charge in [0.05, 0.1) is 17.1 Å². The summed E-state index contributed by atoms with van der Waals surface area (Å²) in [6, 6.07) is 7.89. The van der Waals surface area contributed by atoms with Gasteiger partial charge in [0.2, 0.25) is 5.91 Å². The Morgan fingerprint density at radius 2 is 2.37 bits per heavy atom. The number of imidazole rings is 1. The highest BCUT2D eigenvalue weighted by Crippen LogP contribution is 2.11. The fraction of sp³-hybridized carbons (Fsp3) is 0.385. The SMILES string of the molecule is O=C(NCCc1nc2ccccc2[nH]1)C1CSCN1.